The molecule has 0 fully saturated rings. The zero-order valence-corrected chi connectivity index (χ0v) is 14.8. The molecule has 0 saturated heterocycles. The Labute approximate surface area is 151 Å². The number of nitrogens with two attached hydrogens (primary N) is 1. The zero-order valence-electron chi connectivity index (χ0n) is 14.1. The number of nitrogen functional groups attached to an aromatic ring is 1. The Kier molecular flexibility index (Phi) is 4.76. The van der Waals surface area contributed by atoms with Crippen molar-refractivity contribution in [2.24, 2.45) is 0 Å². The molecular weight excluding hydrogens is 336 g/mol. The Balaban J connectivity index is 2.12. The van der Waals surface area contributed by atoms with E-state index in [0.717, 1.165) is 22.6 Å². The highest BCUT2D eigenvalue weighted by molar-refractivity contribution is 6.30. The molecule has 0 atom stereocenters. The number of hydrogen-bond acceptors (Lipinski definition) is 4. The van der Waals surface area contributed by atoms with E-state index in [9.17, 15) is 4.79 Å². The van der Waals surface area contributed by atoms with Gasteiger partial charge in [-0.15, -0.1) is 0 Å². The van der Waals surface area contributed by atoms with Crippen LogP contribution in [0.25, 0.3) is 11.3 Å². The van der Waals surface area contributed by atoms with Crippen molar-refractivity contribution in [3.8, 4) is 11.3 Å². The lowest BCUT2D eigenvalue weighted by atomic mass is 10.0. The first-order chi connectivity index (χ1) is 12.0. The molecule has 3 aromatic rings. The second kappa shape index (κ2) is 6.99. The average Bonchev–Trinajstić information content (AvgIpc) is 2.91. The molecular formula is C19H19ClN4O. The summed E-state index contributed by atoms with van der Waals surface area (Å²) in [5.74, 6) is 0.363. The first kappa shape index (κ1) is 17.0. The molecule has 0 spiro atoms. The third-order valence-corrected chi connectivity index (χ3v) is 4.15. The summed E-state index contributed by atoms with van der Waals surface area (Å²) in [6.45, 7) is 3.57. The number of Topliss-reactive ketones (excluding diaryl/α,β-unsaturated/α-hetero) is 1. The predicted octanol–water partition coefficient (Wildman–Crippen LogP) is 4.43. The van der Waals surface area contributed by atoms with Gasteiger partial charge in [0.15, 0.2) is 5.78 Å². The monoisotopic (exact) mass is 354 g/mol. The Bertz CT molecular complexity index is 933. The van der Waals surface area contributed by atoms with Gasteiger partial charge in [-0.3, -0.25) is 10.2 Å². The number of carbonyl (C=O) groups excluding carboxylic acids is 1. The number of hydrogen-bond donors (Lipinski definition) is 2. The minimum atomic E-state index is 0.0155. The van der Waals surface area contributed by atoms with Gasteiger partial charge in [0.25, 0.3) is 0 Å². The van der Waals surface area contributed by atoms with Gasteiger partial charge in [-0.2, -0.15) is 0 Å². The van der Waals surface area contributed by atoms with Crippen LogP contribution in [0.2, 0.25) is 5.02 Å². The van der Waals surface area contributed by atoms with E-state index in [1.807, 2.05) is 43.3 Å². The van der Waals surface area contributed by atoms with Crippen molar-refractivity contribution in [3.63, 3.8) is 0 Å². The number of rotatable bonds is 5. The van der Waals surface area contributed by atoms with Gasteiger partial charge in [0.1, 0.15) is 0 Å². The van der Waals surface area contributed by atoms with Gasteiger partial charge in [0.05, 0.1) is 17.1 Å². The summed E-state index contributed by atoms with van der Waals surface area (Å²) in [7, 11) is 0. The van der Waals surface area contributed by atoms with Crippen LogP contribution in [0, 0.1) is 0 Å². The van der Waals surface area contributed by atoms with Crippen LogP contribution >= 0.6 is 11.6 Å². The van der Waals surface area contributed by atoms with Crippen LogP contribution in [0.15, 0.2) is 48.5 Å². The van der Waals surface area contributed by atoms with Gasteiger partial charge < -0.3 is 5.73 Å². The van der Waals surface area contributed by atoms with Gasteiger partial charge in [-0.25, -0.2) is 9.66 Å². The predicted molar refractivity (Wildman–Crippen MR) is 102 cm³/mol. The number of aryl methyl sites for hydroxylation is 1. The van der Waals surface area contributed by atoms with Crippen LogP contribution in [0.1, 0.15) is 29.9 Å². The normalized spacial score (nSPS) is 10.7. The number of nitrogens with zero attached hydrogens (tertiary/aromatic N) is 2. The second-order valence-electron chi connectivity index (χ2n) is 5.71. The summed E-state index contributed by atoms with van der Waals surface area (Å²) in [5, 5.41) is 0.625. The van der Waals surface area contributed by atoms with E-state index in [1.54, 1.807) is 23.7 Å². The molecule has 0 aliphatic heterocycles. The largest absolute Gasteiger partial charge is 0.368 e. The van der Waals surface area contributed by atoms with Crippen molar-refractivity contribution in [3.05, 3.63) is 64.8 Å². The van der Waals surface area contributed by atoms with E-state index in [4.69, 9.17) is 17.3 Å². The van der Waals surface area contributed by atoms with Gasteiger partial charge in [0, 0.05) is 16.1 Å². The fourth-order valence-electron chi connectivity index (χ4n) is 2.71. The molecule has 0 radical (unpaired) electrons. The molecule has 0 amide bonds. The minimum absolute atomic E-state index is 0.0155. The number of carbonyl (C=O) groups is 1. The van der Waals surface area contributed by atoms with E-state index in [1.165, 1.54) is 0 Å². The van der Waals surface area contributed by atoms with Crippen LogP contribution in [-0.2, 0) is 6.42 Å². The smallest absolute Gasteiger partial charge is 0.220 e. The highest BCUT2D eigenvalue weighted by Gasteiger charge is 2.17. The fraction of sp³-hybridized carbons (Fsp3) is 0.158. The number of imidazole rings is 1. The highest BCUT2D eigenvalue weighted by atomic mass is 35.5. The molecule has 1 heterocycles. The Morgan fingerprint density at radius 1 is 1.24 bits per heavy atom. The molecule has 128 valence electrons. The lowest BCUT2D eigenvalue weighted by Crippen LogP contribution is -2.14. The molecule has 0 aliphatic rings. The number of anilines is 2. The van der Waals surface area contributed by atoms with E-state index in [-0.39, 0.29) is 5.78 Å². The molecule has 3 N–H and O–H groups in total. The van der Waals surface area contributed by atoms with Gasteiger partial charge >= 0.3 is 0 Å². The van der Waals surface area contributed by atoms with Crippen molar-refractivity contribution in [2.45, 2.75) is 20.3 Å². The van der Waals surface area contributed by atoms with E-state index < -0.39 is 0 Å². The summed E-state index contributed by atoms with van der Waals surface area (Å²) in [5.41, 5.74) is 13.4. The molecule has 25 heavy (non-hydrogen) atoms. The van der Waals surface area contributed by atoms with E-state index in [0.29, 0.717) is 23.0 Å². The van der Waals surface area contributed by atoms with Gasteiger partial charge in [0.2, 0.25) is 5.95 Å². The third kappa shape index (κ3) is 3.51. The second-order valence-corrected chi connectivity index (χ2v) is 6.15. The molecule has 6 heteroatoms. The van der Waals surface area contributed by atoms with Crippen molar-refractivity contribution in [2.75, 3.05) is 11.2 Å². The summed E-state index contributed by atoms with van der Waals surface area (Å²) in [4.78, 5) is 16.2. The molecule has 3 rings (SSSR count). The maximum absolute atomic E-state index is 11.7. The van der Waals surface area contributed by atoms with Crippen LogP contribution in [0.4, 0.5) is 11.6 Å². The van der Waals surface area contributed by atoms with Crippen LogP contribution in [0.3, 0.4) is 0 Å². The third-order valence-electron chi connectivity index (χ3n) is 3.92. The number of halogens is 1. The standard InChI is InChI=1S/C19H19ClN4O/c1-3-17-18(14-7-4-6-13(10-14)12(2)25)24(19(21)22-17)23-16-9-5-8-15(20)11-16/h4-11,23H,3H2,1-2H3,(H2,21,22). The van der Waals surface area contributed by atoms with Crippen molar-refractivity contribution >= 4 is 29.0 Å². The fourth-order valence-corrected chi connectivity index (χ4v) is 2.90. The maximum Gasteiger partial charge on any atom is 0.220 e. The minimum Gasteiger partial charge on any atom is -0.368 e. The van der Waals surface area contributed by atoms with Crippen LogP contribution < -0.4 is 11.2 Å². The quantitative estimate of drug-likeness (QED) is 0.665. The summed E-state index contributed by atoms with van der Waals surface area (Å²) < 4.78 is 1.73. The van der Waals surface area contributed by atoms with Crippen LogP contribution in [-0.4, -0.2) is 15.4 Å². The highest BCUT2D eigenvalue weighted by Crippen LogP contribution is 2.28. The lowest BCUT2D eigenvalue weighted by molar-refractivity contribution is 0.101. The number of benzene rings is 2. The topological polar surface area (TPSA) is 72.9 Å². The average molecular weight is 355 g/mol. The molecule has 5 nitrogen and oxygen atoms in total. The number of aromatic nitrogens is 2. The van der Waals surface area contributed by atoms with Crippen LogP contribution in [0.5, 0.6) is 0 Å². The maximum atomic E-state index is 11.7. The first-order valence-corrected chi connectivity index (χ1v) is 8.38. The Hall–Kier alpha value is -2.79. The molecule has 1 aromatic heterocycles. The lowest BCUT2D eigenvalue weighted by Gasteiger charge is -2.14. The molecule has 0 aliphatic carbocycles. The first-order valence-electron chi connectivity index (χ1n) is 8.00. The molecule has 0 bridgehead atoms. The van der Waals surface area contributed by atoms with Crippen molar-refractivity contribution < 1.29 is 4.79 Å². The Morgan fingerprint density at radius 2 is 2.00 bits per heavy atom. The van der Waals surface area contributed by atoms with Gasteiger partial charge in [-0.05, 0) is 37.6 Å². The summed E-state index contributed by atoms with van der Waals surface area (Å²) in [6.07, 6.45) is 0.716. The molecule has 0 unspecified atom stereocenters. The summed E-state index contributed by atoms with van der Waals surface area (Å²) in [6, 6.07) is 14.8. The van der Waals surface area contributed by atoms with Gasteiger partial charge in [-0.1, -0.05) is 42.8 Å². The molecule has 0 saturated carbocycles. The SMILES string of the molecule is CCc1nc(N)n(Nc2cccc(Cl)c2)c1-c1cccc(C(C)=O)c1. The number of ketones is 1. The van der Waals surface area contributed by atoms with Crippen molar-refractivity contribution in [1.29, 1.82) is 0 Å². The Morgan fingerprint density at radius 3 is 2.68 bits per heavy atom. The summed E-state index contributed by atoms with van der Waals surface area (Å²) >= 11 is 6.06. The number of nitrogens with one attached hydrogen (secondary N) is 1. The van der Waals surface area contributed by atoms with E-state index in [2.05, 4.69) is 10.4 Å². The zero-order chi connectivity index (χ0) is 18.0. The molecule has 2 aromatic carbocycles. The van der Waals surface area contributed by atoms with E-state index >= 15 is 0 Å². The van der Waals surface area contributed by atoms with Crippen molar-refractivity contribution in [1.82, 2.24) is 9.66 Å².